The number of hydrogen-bond acceptors (Lipinski definition) is 5. The predicted octanol–water partition coefficient (Wildman–Crippen LogP) is 2.71. The Kier molecular flexibility index (Phi) is 4.93. The molecule has 0 spiro atoms. The molecule has 0 aliphatic heterocycles. The topological polar surface area (TPSA) is 113 Å². The number of nitro benzene ring substituents is 1. The van der Waals surface area contributed by atoms with Gasteiger partial charge in [0.25, 0.3) is 5.69 Å². The molecule has 0 radical (unpaired) electrons. The summed E-state index contributed by atoms with van der Waals surface area (Å²) in [7, 11) is 0. The number of carbonyl (C=O) groups is 2. The van der Waals surface area contributed by atoms with Crippen LogP contribution in [0.2, 0.25) is 0 Å². The molecule has 0 heterocycles. The molecule has 0 unspecified atom stereocenters. The summed E-state index contributed by atoms with van der Waals surface area (Å²) in [5.41, 5.74) is 5.17. The second-order valence-electron chi connectivity index (χ2n) is 5.34. The molecule has 124 valence electrons. The summed E-state index contributed by atoms with van der Waals surface area (Å²) in [6.07, 6.45) is -0.232. The summed E-state index contributed by atoms with van der Waals surface area (Å²) in [5, 5.41) is 11.0. The molecule has 7 heteroatoms. The van der Waals surface area contributed by atoms with E-state index in [9.17, 15) is 19.7 Å². The normalized spacial score (nSPS) is 10.5. The summed E-state index contributed by atoms with van der Waals surface area (Å²) in [4.78, 5) is 34.8. The first-order chi connectivity index (χ1) is 11.3. The standard InChI is InChI=1S/C17H16N2O5/c1-10(2)24-15-8-7-11(19(22)23)9-14(15)16(20)12-5-3-4-6-13(12)17(18)21/h3-10H,1-2H3,(H2,18,21). The Hall–Kier alpha value is -3.22. The van der Waals surface area contributed by atoms with Crippen molar-refractivity contribution in [3.8, 4) is 5.75 Å². The molecule has 0 saturated heterocycles. The maximum atomic E-state index is 12.8. The number of nitrogens with zero attached hydrogens (tertiary/aromatic N) is 1. The fraction of sp³-hybridized carbons (Fsp3) is 0.176. The smallest absolute Gasteiger partial charge is 0.270 e. The number of non-ortho nitro benzene ring substituents is 1. The summed E-state index contributed by atoms with van der Waals surface area (Å²) < 4.78 is 5.56. The minimum atomic E-state index is -0.754. The first-order valence-electron chi connectivity index (χ1n) is 7.20. The second-order valence-corrected chi connectivity index (χ2v) is 5.34. The Morgan fingerprint density at radius 2 is 1.71 bits per heavy atom. The zero-order valence-electron chi connectivity index (χ0n) is 13.2. The van der Waals surface area contributed by atoms with E-state index < -0.39 is 16.6 Å². The van der Waals surface area contributed by atoms with E-state index in [2.05, 4.69) is 0 Å². The highest BCUT2D eigenvalue weighted by Crippen LogP contribution is 2.28. The average molecular weight is 328 g/mol. The largest absolute Gasteiger partial charge is 0.490 e. The van der Waals surface area contributed by atoms with Crippen molar-refractivity contribution in [1.82, 2.24) is 0 Å². The van der Waals surface area contributed by atoms with Gasteiger partial charge >= 0.3 is 0 Å². The van der Waals surface area contributed by atoms with Crippen molar-refractivity contribution in [1.29, 1.82) is 0 Å². The SMILES string of the molecule is CC(C)Oc1ccc([N+](=O)[O-])cc1C(=O)c1ccccc1C(N)=O. The van der Waals surface area contributed by atoms with Crippen molar-refractivity contribution >= 4 is 17.4 Å². The zero-order chi connectivity index (χ0) is 17.9. The Bertz CT molecular complexity index is 814. The van der Waals surface area contributed by atoms with Gasteiger partial charge in [-0.3, -0.25) is 19.7 Å². The lowest BCUT2D eigenvalue weighted by Crippen LogP contribution is -2.18. The molecule has 0 saturated carbocycles. The van der Waals surface area contributed by atoms with Crippen LogP contribution in [0, 0.1) is 10.1 Å². The summed E-state index contributed by atoms with van der Waals surface area (Å²) in [6, 6.07) is 9.80. The molecular formula is C17H16N2O5. The Labute approximate surface area is 138 Å². The van der Waals surface area contributed by atoms with E-state index in [-0.39, 0.29) is 34.2 Å². The number of ketones is 1. The third-order valence-electron chi connectivity index (χ3n) is 3.22. The monoisotopic (exact) mass is 328 g/mol. The number of carbonyl (C=O) groups excluding carboxylic acids is 2. The number of ether oxygens (including phenoxy) is 1. The summed E-state index contributed by atoms with van der Waals surface area (Å²) in [6.45, 7) is 3.54. The highest BCUT2D eigenvalue weighted by molar-refractivity contribution is 6.16. The lowest BCUT2D eigenvalue weighted by Gasteiger charge is -2.14. The maximum Gasteiger partial charge on any atom is 0.270 e. The van der Waals surface area contributed by atoms with Crippen LogP contribution in [0.3, 0.4) is 0 Å². The first-order valence-corrected chi connectivity index (χ1v) is 7.20. The average Bonchev–Trinajstić information content (AvgIpc) is 2.53. The lowest BCUT2D eigenvalue weighted by molar-refractivity contribution is -0.384. The van der Waals surface area contributed by atoms with Crippen molar-refractivity contribution in [2.24, 2.45) is 5.73 Å². The second kappa shape index (κ2) is 6.91. The van der Waals surface area contributed by atoms with Crippen molar-refractivity contribution in [2.75, 3.05) is 0 Å². The number of nitrogens with two attached hydrogens (primary N) is 1. The number of rotatable bonds is 6. The van der Waals surface area contributed by atoms with Crippen LogP contribution in [0.1, 0.15) is 40.1 Å². The molecule has 24 heavy (non-hydrogen) atoms. The lowest BCUT2D eigenvalue weighted by atomic mass is 9.97. The number of benzene rings is 2. The van der Waals surface area contributed by atoms with Crippen molar-refractivity contribution in [3.05, 3.63) is 69.3 Å². The molecule has 0 aliphatic carbocycles. The van der Waals surface area contributed by atoms with Gasteiger partial charge in [0.15, 0.2) is 5.78 Å². The van der Waals surface area contributed by atoms with Crippen LogP contribution in [0.5, 0.6) is 5.75 Å². The molecule has 2 rings (SSSR count). The van der Waals surface area contributed by atoms with Crippen molar-refractivity contribution < 1.29 is 19.2 Å². The van der Waals surface area contributed by atoms with Crippen LogP contribution in [-0.4, -0.2) is 22.7 Å². The molecule has 0 atom stereocenters. The van der Waals surface area contributed by atoms with Gasteiger partial charge in [0.2, 0.25) is 5.91 Å². The summed E-state index contributed by atoms with van der Waals surface area (Å²) >= 11 is 0. The van der Waals surface area contributed by atoms with Gasteiger partial charge in [0, 0.05) is 17.7 Å². The van der Waals surface area contributed by atoms with Crippen LogP contribution in [0.25, 0.3) is 0 Å². The molecule has 2 aromatic carbocycles. The fourth-order valence-corrected chi connectivity index (χ4v) is 2.21. The molecule has 2 aromatic rings. The zero-order valence-corrected chi connectivity index (χ0v) is 13.2. The molecule has 2 N–H and O–H groups in total. The number of amides is 1. The maximum absolute atomic E-state index is 12.8. The van der Waals surface area contributed by atoms with Gasteiger partial charge in [0.05, 0.1) is 22.2 Å². The highest BCUT2D eigenvalue weighted by Gasteiger charge is 2.23. The highest BCUT2D eigenvalue weighted by atomic mass is 16.6. The third kappa shape index (κ3) is 3.57. The Balaban J connectivity index is 2.61. The molecule has 1 amide bonds. The van der Waals surface area contributed by atoms with Gasteiger partial charge in [-0.05, 0) is 26.0 Å². The first kappa shape index (κ1) is 17.1. The van der Waals surface area contributed by atoms with E-state index in [4.69, 9.17) is 10.5 Å². The van der Waals surface area contributed by atoms with Crippen molar-refractivity contribution in [2.45, 2.75) is 20.0 Å². The van der Waals surface area contributed by atoms with E-state index in [1.807, 2.05) is 0 Å². The minimum Gasteiger partial charge on any atom is -0.490 e. The molecule has 0 aliphatic rings. The summed E-state index contributed by atoms with van der Waals surface area (Å²) in [5.74, 6) is -1.11. The quantitative estimate of drug-likeness (QED) is 0.497. The number of primary amides is 1. The molecule has 7 nitrogen and oxygen atoms in total. The Morgan fingerprint density at radius 3 is 2.25 bits per heavy atom. The van der Waals surface area contributed by atoms with Gasteiger partial charge in [-0.15, -0.1) is 0 Å². The fourth-order valence-electron chi connectivity index (χ4n) is 2.21. The van der Waals surface area contributed by atoms with Gasteiger partial charge in [0.1, 0.15) is 5.75 Å². The molecule has 0 aromatic heterocycles. The van der Waals surface area contributed by atoms with Gasteiger partial charge < -0.3 is 10.5 Å². The number of nitro groups is 1. The van der Waals surface area contributed by atoms with E-state index in [0.717, 1.165) is 6.07 Å². The van der Waals surface area contributed by atoms with Gasteiger partial charge in [-0.25, -0.2) is 0 Å². The van der Waals surface area contributed by atoms with E-state index >= 15 is 0 Å². The Morgan fingerprint density at radius 1 is 1.08 bits per heavy atom. The number of hydrogen-bond donors (Lipinski definition) is 1. The molecule has 0 fully saturated rings. The third-order valence-corrected chi connectivity index (χ3v) is 3.22. The van der Waals surface area contributed by atoms with Crippen molar-refractivity contribution in [3.63, 3.8) is 0 Å². The van der Waals surface area contributed by atoms with E-state index in [1.165, 1.54) is 24.3 Å². The molecule has 0 bridgehead atoms. The van der Waals surface area contributed by atoms with Crippen LogP contribution in [0.4, 0.5) is 5.69 Å². The van der Waals surface area contributed by atoms with Gasteiger partial charge in [-0.1, -0.05) is 18.2 Å². The van der Waals surface area contributed by atoms with E-state index in [1.54, 1.807) is 26.0 Å². The van der Waals surface area contributed by atoms with Crippen LogP contribution >= 0.6 is 0 Å². The minimum absolute atomic E-state index is 0.00611. The van der Waals surface area contributed by atoms with Crippen LogP contribution in [-0.2, 0) is 0 Å². The van der Waals surface area contributed by atoms with Crippen LogP contribution in [0.15, 0.2) is 42.5 Å². The van der Waals surface area contributed by atoms with E-state index in [0.29, 0.717) is 0 Å². The van der Waals surface area contributed by atoms with Crippen LogP contribution < -0.4 is 10.5 Å². The van der Waals surface area contributed by atoms with Gasteiger partial charge in [-0.2, -0.15) is 0 Å². The predicted molar refractivity (Wildman–Crippen MR) is 87.3 cm³/mol. The molecular weight excluding hydrogens is 312 g/mol.